The Morgan fingerprint density at radius 1 is 1.50 bits per heavy atom. The molecule has 1 rings (SSSR count). The molecule has 0 unspecified atom stereocenters. The van der Waals surface area contributed by atoms with Crippen LogP contribution in [0.3, 0.4) is 0 Å². The van der Waals surface area contributed by atoms with E-state index in [1.54, 1.807) is 34.0 Å². The summed E-state index contributed by atoms with van der Waals surface area (Å²) in [4.78, 5) is 21.2. The number of amides is 1. The van der Waals surface area contributed by atoms with Crippen molar-refractivity contribution in [3.8, 4) is 0 Å². The third-order valence-electron chi connectivity index (χ3n) is 1.98. The van der Waals surface area contributed by atoms with E-state index < -0.39 is 0 Å². The molecule has 16 heavy (non-hydrogen) atoms. The van der Waals surface area contributed by atoms with E-state index in [1.807, 2.05) is 0 Å². The Balaban J connectivity index is 2.76. The number of rotatable bonds is 3. The number of nitrogens with zero attached hydrogens (tertiary/aromatic N) is 3. The standard InChI is InChI=1S/C10H15ClN4O/c1-6(10(16)15(3)4)12-9-5-8(11)13-7(2)14-9/h5-6H,1-4H3,(H,12,13,14)/t6-/m0/s1. The first kappa shape index (κ1) is 12.7. The van der Waals surface area contributed by atoms with Gasteiger partial charge in [0.1, 0.15) is 22.8 Å². The lowest BCUT2D eigenvalue weighted by atomic mass is 10.3. The third-order valence-corrected chi connectivity index (χ3v) is 2.18. The zero-order valence-electron chi connectivity index (χ0n) is 9.78. The average molecular weight is 243 g/mol. The van der Waals surface area contributed by atoms with E-state index in [-0.39, 0.29) is 11.9 Å². The molecule has 1 aromatic rings. The molecule has 0 aliphatic carbocycles. The Morgan fingerprint density at radius 2 is 2.12 bits per heavy atom. The molecular formula is C10H15ClN4O. The van der Waals surface area contributed by atoms with Crippen LogP contribution < -0.4 is 5.32 Å². The van der Waals surface area contributed by atoms with Gasteiger partial charge in [-0.1, -0.05) is 11.6 Å². The van der Waals surface area contributed by atoms with E-state index in [1.165, 1.54) is 4.90 Å². The van der Waals surface area contributed by atoms with Crippen molar-refractivity contribution >= 4 is 23.3 Å². The Hall–Kier alpha value is -1.36. The summed E-state index contributed by atoms with van der Waals surface area (Å²) in [6, 6.07) is 1.24. The first-order valence-corrected chi connectivity index (χ1v) is 5.27. The largest absolute Gasteiger partial charge is 0.358 e. The van der Waals surface area contributed by atoms with Crippen molar-refractivity contribution in [1.29, 1.82) is 0 Å². The Labute approximate surface area is 99.8 Å². The van der Waals surface area contributed by atoms with Crippen molar-refractivity contribution in [1.82, 2.24) is 14.9 Å². The number of likely N-dealkylation sites (N-methyl/N-ethyl adjacent to an activating group) is 1. The summed E-state index contributed by atoms with van der Waals surface area (Å²) in [5.41, 5.74) is 0. The van der Waals surface area contributed by atoms with Gasteiger partial charge in [0, 0.05) is 20.2 Å². The van der Waals surface area contributed by atoms with Crippen molar-refractivity contribution in [3.63, 3.8) is 0 Å². The van der Waals surface area contributed by atoms with E-state index in [9.17, 15) is 4.79 Å². The molecule has 0 aliphatic rings. The summed E-state index contributed by atoms with van der Waals surface area (Å²) in [6.07, 6.45) is 0. The second kappa shape index (κ2) is 5.12. The summed E-state index contributed by atoms with van der Waals surface area (Å²) < 4.78 is 0. The lowest BCUT2D eigenvalue weighted by Crippen LogP contribution is -2.36. The summed E-state index contributed by atoms with van der Waals surface area (Å²) in [6.45, 7) is 3.52. The van der Waals surface area contributed by atoms with E-state index in [2.05, 4.69) is 15.3 Å². The number of anilines is 1. The number of aryl methyl sites for hydroxylation is 1. The monoisotopic (exact) mass is 242 g/mol. The second-order valence-corrected chi connectivity index (χ2v) is 4.11. The molecule has 0 fully saturated rings. The highest BCUT2D eigenvalue weighted by Crippen LogP contribution is 2.12. The van der Waals surface area contributed by atoms with Crippen molar-refractivity contribution in [2.45, 2.75) is 19.9 Å². The fourth-order valence-corrected chi connectivity index (χ4v) is 1.50. The van der Waals surface area contributed by atoms with Crippen molar-refractivity contribution in [2.24, 2.45) is 0 Å². The minimum Gasteiger partial charge on any atom is -0.358 e. The molecule has 5 nitrogen and oxygen atoms in total. The molecule has 0 saturated heterocycles. The maximum Gasteiger partial charge on any atom is 0.244 e. The lowest BCUT2D eigenvalue weighted by molar-refractivity contribution is -0.129. The van der Waals surface area contributed by atoms with Crippen LogP contribution in [0.25, 0.3) is 0 Å². The number of hydrogen-bond donors (Lipinski definition) is 1. The molecule has 0 spiro atoms. The van der Waals surface area contributed by atoms with Crippen LogP contribution in [0.15, 0.2) is 6.07 Å². The maximum atomic E-state index is 11.6. The first-order valence-electron chi connectivity index (χ1n) is 4.89. The number of nitrogens with one attached hydrogen (secondary N) is 1. The minimum absolute atomic E-state index is 0.0209. The molecule has 0 aromatic carbocycles. The average Bonchev–Trinajstić information content (AvgIpc) is 2.14. The Bertz CT molecular complexity index is 374. The van der Waals surface area contributed by atoms with Crippen molar-refractivity contribution < 1.29 is 4.79 Å². The van der Waals surface area contributed by atoms with E-state index >= 15 is 0 Å². The molecule has 0 radical (unpaired) electrons. The fraction of sp³-hybridized carbons (Fsp3) is 0.500. The molecule has 1 aromatic heterocycles. The van der Waals surface area contributed by atoms with Gasteiger partial charge >= 0.3 is 0 Å². The lowest BCUT2D eigenvalue weighted by Gasteiger charge is -2.18. The van der Waals surface area contributed by atoms with Gasteiger partial charge in [0.15, 0.2) is 0 Å². The van der Waals surface area contributed by atoms with Crippen LogP contribution in [0.4, 0.5) is 5.82 Å². The molecule has 0 bridgehead atoms. The second-order valence-electron chi connectivity index (χ2n) is 3.72. The molecule has 1 heterocycles. The molecule has 0 saturated carbocycles. The van der Waals surface area contributed by atoms with Gasteiger partial charge in [-0.2, -0.15) is 0 Å². The van der Waals surface area contributed by atoms with Gasteiger partial charge < -0.3 is 10.2 Å². The molecule has 1 N–H and O–H groups in total. The number of aromatic nitrogens is 2. The van der Waals surface area contributed by atoms with Crippen LogP contribution in [-0.4, -0.2) is 40.9 Å². The van der Waals surface area contributed by atoms with Crippen LogP contribution in [0.1, 0.15) is 12.7 Å². The quantitative estimate of drug-likeness (QED) is 0.813. The van der Waals surface area contributed by atoms with Crippen molar-refractivity contribution in [3.05, 3.63) is 17.0 Å². The van der Waals surface area contributed by atoms with Gasteiger partial charge in [0.05, 0.1) is 0 Å². The number of carbonyl (C=O) groups excluding carboxylic acids is 1. The third kappa shape index (κ3) is 3.34. The number of hydrogen-bond acceptors (Lipinski definition) is 4. The molecule has 6 heteroatoms. The van der Waals surface area contributed by atoms with Crippen LogP contribution in [0.2, 0.25) is 5.15 Å². The summed E-state index contributed by atoms with van der Waals surface area (Å²) in [5, 5.41) is 3.34. The smallest absolute Gasteiger partial charge is 0.244 e. The maximum absolute atomic E-state index is 11.6. The van der Waals surface area contributed by atoms with Gasteiger partial charge in [-0.05, 0) is 13.8 Å². The predicted molar refractivity (Wildman–Crippen MR) is 63.6 cm³/mol. The highest BCUT2D eigenvalue weighted by molar-refractivity contribution is 6.29. The van der Waals surface area contributed by atoms with Gasteiger partial charge in [-0.25, -0.2) is 9.97 Å². The molecular weight excluding hydrogens is 228 g/mol. The highest BCUT2D eigenvalue weighted by atomic mass is 35.5. The SMILES string of the molecule is Cc1nc(Cl)cc(N[C@@H](C)C(=O)N(C)C)n1. The molecule has 1 atom stereocenters. The first-order chi connectivity index (χ1) is 7.40. The summed E-state index contributed by atoms with van der Waals surface area (Å²) in [5.74, 6) is 1.10. The molecule has 1 amide bonds. The van der Waals surface area contributed by atoms with Crippen LogP contribution >= 0.6 is 11.6 Å². The fourth-order valence-electron chi connectivity index (χ4n) is 1.28. The van der Waals surface area contributed by atoms with Crippen LogP contribution in [-0.2, 0) is 4.79 Å². The molecule has 88 valence electrons. The van der Waals surface area contributed by atoms with Gasteiger partial charge in [0.2, 0.25) is 5.91 Å². The zero-order valence-corrected chi connectivity index (χ0v) is 10.5. The highest BCUT2D eigenvalue weighted by Gasteiger charge is 2.15. The van der Waals surface area contributed by atoms with Gasteiger partial charge in [0.25, 0.3) is 0 Å². The summed E-state index contributed by atoms with van der Waals surface area (Å²) in [7, 11) is 3.41. The predicted octanol–water partition coefficient (Wildman–Crippen LogP) is 1.33. The number of halogens is 1. The van der Waals surface area contributed by atoms with E-state index in [0.717, 1.165) is 0 Å². The van der Waals surface area contributed by atoms with Crippen molar-refractivity contribution in [2.75, 3.05) is 19.4 Å². The van der Waals surface area contributed by atoms with Crippen LogP contribution in [0, 0.1) is 6.92 Å². The van der Waals surface area contributed by atoms with Crippen LogP contribution in [0.5, 0.6) is 0 Å². The van der Waals surface area contributed by atoms with Gasteiger partial charge in [-0.15, -0.1) is 0 Å². The Kier molecular flexibility index (Phi) is 4.06. The van der Waals surface area contributed by atoms with E-state index in [0.29, 0.717) is 16.8 Å². The van der Waals surface area contributed by atoms with Gasteiger partial charge in [-0.3, -0.25) is 4.79 Å². The minimum atomic E-state index is -0.347. The zero-order chi connectivity index (χ0) is 12.3. The summed E-state index contributed by atoms with van der Waals surface area (Å²) >= 11 is 5.79. The normalized spacial score (nSPS) is 12.1. The number of carbonyl (C=O) groups is 1. The topological polar surface area (TPSA) is 58.1 Å². The molecule has 0 aliphatic heterocycles. The van der Waals surface area contributed by atoms with E-state index in [4.69, 9.17) is 11.6 Å². The Morgan fingerprint density at radius 3 is 2.62 bits per heavy atom.